The van der Waals surface area contributed by atoms with E-state index in [4.69, 9.17) is 4.42 Å². The summed E-state index contributed by atoms with van der Waals surface area (Å²) in [6.45, 7) is 3.59. The quantitative estimate of drug-likeness (QED) is 0.666. The van der Waals surface area contributed by atoms with E-state index in [1.807, 2.05) is 31.2 Å². The Kier molecular flexibility index (Phi) is 4.65. The Labute approximate surface area is 144 Å². The van der Waals surface area contributed by atoms with Gasteiger partial charge in [0.1, 0.15) is 6.04 Å². The van der Waals surface area contributed by atoms with Gasteiger partial charge in [-0.15, -0.1) is 0 Å². The summed E-state index contributed by atoms with van der Waals surface area (Å²) in [6, 6.07) is 12.0. The Morgan fingerprint density at radius 3 is 2.72 bits per heavy atom. The van der Waals surface area contributed by atoms with Crippen molar-refractivity contribution in [2.45, 2.75) is 19.9 Å². The van der Waals surface area contributed by atoms with Gasteiger partial charge in [0.25, 0.3) is 5.91 Å². The maximum atomic E-state index is 12.2. The lowest BCUT2D eigenvalue weighted by Gasteiger charge is -2.11. The summed E-state index contributed by atoms with van der Waals surface area (Å²) in [5, 5.41) is 12.2. The molecule has 2 aromatic heterocycles. The van der Waals surface area contributed by atoms with Gasteiger partial charge in [-0.05, 0) is 31.5 Å². The second kappa shape index (κ2) is 7.04. The molecule has 3 rings (SSSR count). The highest BCUT2D eigenvalue weighted by atomic mass is 16.3. The van der Waals surface area contributed by atoms with Crippen LogP contribution >= 0.6 is 0 Å². The number of aromatic amines is 1. The molecule has 128 valence electrons. The van der Waals surface area contributed by atoms with Crippen LogP contribution in [-0.2, 0) is 4.79 Å². The van der Waals surface area contributed by atoms with Crippen LogP contribution in [0.3, 0.4) is 0 Å². The third kappa shape index (κ3) is 3.77. The van der Waals surface area contributed by atoms with Gasteiger partial charge in [0.05, 0.1) is 12.0 Å². The van der Waals surface area contributed by atoms with Gasteiger partial charge in [0, 0.05) is 11.6 Å². The fraction of sp³-hybridized carbons (Fsp3) is 0.167. The van der Waals surface area contributed by atoms with Gasteiger partial charge in [-0.3, -0.25) is 14.7 Å². The Bertz CT molecular complexity index is 883. The second-order valence-electron chi connectivity index (χ2n) is 5.64. The van der Waals surface area contributed by atoms with Crippen LogP contribution in [0.15, 0.2) is 53.1 Å². The van der Waals surface area contributed by atoms with Crippen molar-refractivity contribution < 1.29 is 14.0 Å². The summed E-state index contributed by atoms with van der Waals surface area (Å²) in [7, 11) is 0. The van der Waals surface area contributed by atoms with E-state index in [9.17, 15) is 9.59 Å². The molecule has 7 heteroatoms. The van der Waals surface area contributed by atoms with Crippen LogP contribution in [0.25, 0.3) is 11.3 Å². The Hall–Kier alpha value is -3.35. The van der Waals surface area contributed by atoms with Gasteiger partial charge in [0.15, 0.2) is 11.6 Å². The van der Waals surface area contributed by atoms with Crippen LogP contribution < -0.4 is 10.6 Å². The maximum absolute atomic E-state index is 12.2. The molecule has 3 aromatic rings. The van der Waals surface area contributed by atoms with E-state index < -0.39 is 11.9 Å². The average molecular weight is 338 g/mol. The minimum absolute atomic E-state index is 0.154. The smallest absolute Gasteiger partial charge is 0.287 e. The van der Waals surface area contributed by atoms with Gasteiger partial charge in [-0.2, -0.15) is 5.10 Å². The predicted molar refractivity (Wildman–Crippen MR) is 93.0 cm³/mol. The first-order valence-electron chi connectivity index (χ1n) is 7.81. The van der Waals surface area contributed by atoms with Gasteiger partial charge in [-0.25, -0.2) is 0 Å². The van der Waals surface area contributed by atoms with Crippen LogP contribution in [0.4, 0.5) is 5.82 Å². The number of rotatable bonds is 5. The van der Waals surface area contributed by atoms with E-state index in [1.54, 1.807) is 19.1 Å². The first-order valence-corrected chi connectivity index (χ1v) is 7.81. The van der Waals surface area contributed by atoms with E-state index >= 15 is 0 Å². The number of benzene rings is 1. The molecule has 0 aliphatic heterocycles. The zero-order valence-corrected chi connectivity index (χ0v) is 13.9. The highest BCUT2D eigenvalue weighted by molar-refractivity contribution is 5.99. The van der Waals surface area contributed by atoms with Crippen molar-refractivity contribution in [3.05, 3.63) is 60.1 Å². The molecule has 0 aliphatic rings. The number of H-pyrrole nitrogens is 1. The first kappa shape index (κ1) is 16.5. The highest BCUT2D eigenvalue weighted by Crippen LogP contribution is 2.23. The third-order valence-electron chi connectivity index (χ3n) is 3.75. The number of carbonyl (C=O) groups excluding carboxylic acids is 2. The molecular weight excluding hydrogens is 320 g/mol. The Balaban J connectivity index is 1.63. The van der Waals surface area contributed by atoms with Crippen molar-refractivity contribution >= 4 is 17.6 Å². The lowest BCUT2D eigenvalue weighted by atomic mass is 10.1. The molecule has 1 atom stereocenters. The molecule has 3 N–H and O–H groups in total. The molecule has 0 aliphatic carbocycles. The predicted octanol–water partition coefficient (Wildman–Crippen LogP) is 2.74. The van der Waals surface area contributed by atoms with E-state index in [-0.39, 0.29) is 11.7 Å². The van der Waals surface area contributed by atoms with Crippen LogP contribution in [0.2, 0.25) is 0 Å². The largest absolute Gasteiger partial charge is 0.459 e. The zero-order valence-electron chi connectivity index (χ0n) is 13.9. The summed E-state index contributed by atoms with van der Waals surface area (Å²) in [5.41, 5.74) is 2.92. The van der Waals surface area contributed by atoms with Gasteiger partial charge >= 0.3 is 0 Å². The monoisotopic (exact) mass is 338 g/mol. The molecule has 0 saturated heterocycles. The third-order valence-corrected chi connectivity index (χ3v) is 3.75. The summed E-state index contributed by atoms with van der Waals surface area (Å²) in [5.74, 6) is -0.276. The van der Waals surface area contributed by atoms with Crippen molar-refractivity contribution in [1.29, 1.82) is 0 Å². The molecule has 0 fully saturated rings. The van der Waals surface area contributed by atoms with Crippen molar-refractivity contribution in [2.75, 3.05) is 5.32 Å². The van der Waals surface area contributed by atoms with Crippen LogP contribution in [-0.4, -0.2) is 28.1 Å². The maximum Gasteiger partial charge on any atom is 0.287 e. The van der Waals surface area contributed by atoms with Crippen molar-refractivity contribution in [3.63, 3.8) is 0 Å². The molecule has 0 radical (unpaired) electrons. The number of amides is 2. The summed E-state index contributed by atoms with van der Waals surface area (Å²) < 4.78 is 5.00. The van der Waals surface area contributed by atoms with E-state index in [1.165, 1.54) is 12.3 Å². The summed E-state index contributed by atoms with van der Waals surface area (Å²) in [6.07, 6.45) is 1.40. The zero-order chi connectivity index (χ0) is 17.8. The van der Waals surface area contributed by atoms with Gasteiger partial charge < -0.3 is 15.1 Å². The topological polar surface area (TPSA) is 100 Å². The SMILES string of the molecule is Cc1ccccc1-c1cc(NC(=O)C(C)NC(=O)c2ccco2)n[nH]1. The fourth-order valence-electron chi connectivity index (χ4n) is 2.37. The fourth-order valence-corrected chi connectivity index (χ4v) is 2.37. The first-order chi connectivity index (χ1) is 12.0. The molecule has 0 saturated carbocycles. The molecule has 1 unspecified atom stereocenters. The second-order valence-corrected chi connectivity index (χ2v) is 5.64. The van der Waals surface area contributed by atoms with Crippen LogP contribution in [0.5, 0.6) is 0 Å². The van der Waals surface area contributed by atoms with Crippen molar-refractivity contribution in [2.24, 2.45) is 0 Å². The Morgan fingerprint density at radius 1 is 1.20 bits per heavy atom. The number of hydrogen-bond donors (Lipinski definition) is 3. The van der Waals surface area contributed by atoms with E-state index in [0.29, 0.717) is 5.82 Å². The van der Waals surface area contributed by atoms with Gasteiger partial charge in [0.2, 0.25) is 5.91 Å². The van der Waals surface area contributed by atoms with E-state index in [2.05, 4.69) is 20.8 Å². The summed E-state index contributed by atoms with van der Waals surface area (Å²) >= 11 is 0. The standard InChI is InChI=1S/C18H18N4O3/c1-11-6-3-4-7-13(11)14-10-16(22-21-14)20-17(23)12(2)19-18(24)15-8-5-9-25-15/h3-10,12H,1-2H3,(H,19,24)(H2,20,21,22,23). The lowest BCUT2D eigenvalue weighted by molar-refractivity contribution is -0.117. The number of aryl methyl sites for hydroxylation is 1. The minimum Gasteiger partial charge on any atom is -0.459 e. The average Bonchev–Trinajstić information content (AvgIpc) is 3.27. The number of carbonyl (C=O) groups is 2. The number of hydrogen-bond acceptors (Lipinski definition) is 4. The minimum atomic E-state index is -0.740. The molecule has 0 spiro atoms. The molecule has 1 aromatic carbocycles. The van der Waals surface area contributed by atoms with Crippen molar-refractivity contribution in [1.82, 2.24) is 15.5 Å². The molecule has 0 bridgehead atoms. The molecule has 7 nitrogen and oxygen atoms in total. The number of anilines is 1. The summed E-state index contributed by atoms with van der Waals surface area (Å²) in [4.78, 5) is 24.1. The number of aromatic nitrogens is 2. The molecule has 25 heavy (non-hydrogen) atoms. The molecule has 2 amide bonds. The normalized spacial score (nSPS) is 11.8. The Morgan fingerprint density at radius 2 is 2.00 bits per heavy atom. The van der Waals surface area contributed by atoms with Crippen molar-refractivity contribution in [3.8, 4) is 11.3 Å². The van der Waals surface area contributed by atoms with Gasteiger partial charge in [-0.1, -0.05) is 24.3 Å². The number of nitrogens with zero attached hydrogens (tertiary/aromatic N) is 1. The number of furan rings is 1. The number of nitrogens with one attached hydrogen (secondary N) is 3. The lowest BCUT2D eigenvalue weighted by Crippen LogP contribution is -2.41. The van der Waals surface area contributed by atoms with Crippen LogP contribution in [0.1, 0.15) is 23.0 Å². The van der Waals surface area contributed by atoms with E-state index in [0.717, 1.165) is 16.8 Å². The van der Waals surface area contributed by atoms with Crippen LogP contribution in [0, 0.1) is 6.92 Å². The highest BCUT2D eigenvalue weighted by Gasteiger charge is 2.19. The molecular formula is C18H18N4O3. The molecule has 2 heterocycles.